The third-order valence-electron chi connectivity index (χ3n) is 3.04. The predicted molar refractivity (Wildman–Crippen MR) is 91.1 cm³/mol. The van der Waals surface area contributed by atoms with E-state index < -0.39 is 0 Å². The second-order valence-electron chi connectivity index (χ2n) is 4.59. The first-order valence-electron chi connectivity index (χ1n) is 6.82. The molecule has 2 rings (SSSR count). The van der Waals surface area contributed by atoms with Gasteiger partial charge in [-0.3, -0.25) is 0 Å². The van der Waals surface area contributed by atoms with Gasteiger partial charge in [0.1, 0.15) is 0 Å². The van der Waals surface area contributed by atoms with E-state index >= 15 is 0 Å². The Morgan fingerprint density at radius 1 is 0.500 bits per heavy atom. The van der Waals surface area contributed by atoms with E-state index in [1.807, 2.05) is 72.8 Å². The topological polar surface area (TPSA) is 47.6 Å². The minimum absolute atomic E-state index is 1.01. The molecule has 104 valence electrons. The summed E-state index contributed by atoms with van der Waals surface area (Å²) >= 11 is 0. The number of nitriles is 2. The molecule has 2 aromatic carbocycles. The van der Waals surface area contributed by atoms with E-state index in [4.69, 9.17) is 10.5 Å². The predicted octanol–water partition coefficient (Wildman–Crippen LogP) is 4.93. The van der Waals surface area contributed by atoms with Crippen LogP contribution >= 0.6 is 0 Å². The molecule has 0 atom stereocenters. The van der Waals surface area contributed by atoms with E-state index in [1.54, 1.807) is 12.2 Å². The molecule has 0 heterocycles. The number of benzene rings is 2. The molecule has 0 saturated carbocycles. The molecular weight excluding hydrogens is 268 g/mol. The van der Waals surface area contributed by atoms with Gasteiger partial charge in [-0.05, 0) is 34.4 Å². The molecule has 0 fully saturated rings. The third kappa shape index (κ3) is 4.63. The number of rotatable bonds is 4. The summed E-state index contributed by atoms with van der Waals surface area (Å²) in [6.07, 6.45) is 10.6. The molecule has 0 unspecified atom stereocenters. The number of hydrogen-bond acceptors (Lipinski definition) is 2. The van der Waals surface area contributed by atoms with Crippen molar-refractivity contribution in [2.24, 2.45) is 0 Å². The van der Waals surface area contributed by atoms with Crippen molar-refractivity contribution in [3.8, 4) is 12.1 Å². The lowest BCUT2D eigenvalue weighted by molar-refractivity contribution is 1.53. The SMILES string of the molecule is N#C/C=C/c1ccc(/C=C/c2ccc(/C=C/C#N)cc2)cc1. The van der Waals surface area contributed by atoms with Gasteiger partial charge in [0, 0.05) is 12.2 Å². The average Bonchev–Trinajstić information content (AvgIpc) is 2.58. The molecule has 0 saturated heterocycles. The van der Waals surface area contributed by atoms with Gasteiger partial charge in [-0.25, -0.2) is 0 Å². The maximum atomic E-state index is 8.49. The van der Waals surface area contributed by atoms with Crippen LogP contribution in [0.5, 0.6) is 0 Å². The lowest BCUT2D eigenvalue weighted by Gasteiger charge is -1.97. The zero-order valence-electron chi connectivity index (χ0n) is 12.0. The summed E-state index contributed by atoms with van der Waals surface area (Å²) in [5.74, 6) is 0. The summed E-state index contributed by atoms with van der Waals surface area (Å²) in [4.78, 5) is 0. The first kappa shape index (κ1) is 15.0. The van der Waals surface area contributed by atoms with Crippen LogP contribution in [0.4, 0.5) is 0 Å². The van der Waals surface area contributed by atoms with Crippen molar-refractivity contribution in [3.63, 3.8) is 0 Å². The highest BCUT2D eigenvalue weighted by Crippen LogP contribution is 2.12. The van der Waals surface area contributed by atoms with Crippen molar-refractivity contribution in [1.82, 2.24) is 0 Å². The van der Waals surface area contributed by atoms with Crippen LogP contribution in [0, 0.1) is 22.7 Å². The maximum Gasteiger partial charge on any atom is 0.0912 e. The molecule has 2 heteroatoms. The third-order valence-corrected chi connectivity index (χ3v) is 3.04. The van der Waals surface area contributed by atoms with Gasteiger partial charge in [0.05, 0.1) is 12.1 Å². The Morgan fingerprint density at radius 3 is 1.05 bits per heavy atom. The Hall–Kier alpha value is -3.36. The van der Waals surface area contributed by atoms with Crippen LogP contribution < -0.4 is 0 Å². The molecule has 0 bridgehead atoms. The van der Waals surface area contributed by atoms with Crippen LogP contribution in [0.3, 0.4) is 0 Å². The number of hydrogen-bond donors (Lipinski definition) is 0. The molecule has 0 N–H and O–H groups in total. The van der Waals surface area contributed by atoms with Crippen molar-refractivity contribution in [1.29, 1.82) is 10.5 Å². The lowest BCUT2D eigenvalue weighted by atomic mass is 10.1. The minimum atomic E-state index is 1.01. The highest BCUT2D eigenvalue weighted by Gasteiger charge is 1.91. The monoisotopic (exact) mass is 282 g/mol. The van der Waals surface area contributed by atoms with Crippen LogP contribution in [0.2, 0.25) is 0 Å². The van der Waals surface area contributed by atoms with E-state index in [1.165, 1.54) is 12.2 Å². The summed E-state index contributed by atoms with van der Waals surface area (Å²) < 4.78 is 0. The molecule has 2 nitrogen and oxygen atoms in total. The first-order valence-corrected chi connectivity index (χ1v) is 6.82. The Bertz CT molecular complexity index is 708. The van der Waals surface area contributed by atoms with Gasteiger partial charge < -0.3 is 0 Å². The zero-order chi connectivity index (χ0) is 15.6. The fourth-order valence-electron chi connectivity index (χ4n) is 1.90. The molecule has 0 aliphatic rings. The Balaban J connectivity index is 2.05. The van der Waals surface area contributed by atoms with Gasteiger partial charge in [0.15, 0.2) is 0 Å². The van der Waals surface area contributed by atoms with Crippen LogP contribution in [-0.2, 0) is 0 Å². The Kier molecular flexibility index (Phi) is 5.50. The van der Waals surface area contributed by atoms with Gasteiger partial charge in [-0.15, -0.1) is 0 Å². The summed E-state index contributed by atoms with van der Waals surface area (Å²) in [6.45, 7) is 0. The van der Waals surface area contributed by atoms with Crippen molar-refractivity contribution in [2.75, 3.05) is 0 Å². The quantitative estimate of drug-likeness (QED) is 0.589. The van der Waals surface area contributed by atoms with E-state index in [0.29, 0.717) is 0 Å². The average molecular weight is 282 g/mol. The van der Waals surface area contributed by atoms with E-state index in [0.717, 1.165) is 22.3 Å². The van der Waals surface area contributed by atoms with Gasteiger partial charge in [-0.2, -0.15) is 10.5 Å². The van der Waals surface area contributed by atoms with E-state index in [-0.39, 0.29) is 0 Å². The van der Waals surface area contributed by atoms with Crippen molar-refractivity contribution in [2.45, 2.75) is 0 Å². The van der Waals surface area contributed by atoms with Crippen molar-refractivity contribution in [3.05, 3.63) is 82.9 Å². The molecule has 0 radical (unpaired) electrons. The Labute approximate surface area is 130 Å². The molecular formula is C20H14N2. The van der Waals surface area contributed by atoms with Crippen LogP contribution in [0.15, 0.2) is 60.7 Å². The fourth-order valence-corrected chi connectivity index (χ4v) is 1.90. The lowest BCUT2D eigenvalue weighted by Crippen LogP contribution is -1.76. The Morgan fingerprint density at radius 2 is 0.773 bits per heavy atom. The standard InChI is InChI=1S/C20H14N2/c21-15-1-3-17-5-9-19(10-6-17)13-14-20-11-7-18(8-12-20)4-2-16-22/h1-14H/b3-1+,4-2+,14-13+. The van der Waals surface area contributed by atoms with Gasteiger partial charge in [0.2, 0.25) is 0 Å². The summed E-state index contributed by atoms with van der Waals surface area (Å²) in [7, 11) is 0. The summed E-state index contributed by atoms with van der Waals surface area (Å²) in [6, 6.07) is 19.9. The molecule has 0 aliphatic carbocycles. The molecule has 2 aromatic rings. The van der Waals surface area contributed by atoms with E-state index in [9.17, 15) is 0 Å². The summed E-state index contributed by atoms with van der Waals surface area (Å²) in [5, 5.41) is 17.0. The number of nitrogens with zero attached hydrogens (tertiary/aromatic N) is 2. The van der Waals surface area contributed by atoms with E-state index in [2.05, 4.69) is 0 Å². The maximum absolute atomic E-state index is 8.49. The van der Waals surface area contributed by atoms with Crippen LogP contribution in [0.1, 0.15) is 22.3 Å². The molecule has 22 heavy (non-hydrogen) atoms. The van der Waals surface area contributed by atoms with Crippen LogP contribution in [0.25, 0.3) is 24.3 Å². The smallest absolute Gasteiger partial charge is 0.0912 e. The molecule has 0 aromatic heterocycles. The largest absolute Gasteiger partial charge is 0.193 e. The summed E-state index contributed by atoms with van der Waals surface area (Å²) in [5.41, 5.74) is 4.21. The normalized spacial score (nSPS) is 11.0. The second-order valence-corrected chi connectivity index (χ2v) is 4.59. The van der Waals surface area contributed by atoms with Gasteiger partial charge in [0.25, 0.3) is 0 Å². The molecule has 0 aliphatic heterocycles. The first-order chi connectivity index (χ1) is 10.8. The van der Waals surface area contributed by atoms with Crippen LogP contribution in [-0.4, -0.2) is 0 Å². The number of allylic oxidation sites excluding steroid dienone is 2. The zero-order valence-corrected chi connectivity index (χ0v) is 12.0. The molecule has 0 amide bonds. The van der Waals surface area contributed by atoms with Crippen molar-refractivity contribution >= 4 is 24.3 Å². The van der Waals surface area contributed by atoms with Gasteiger partial charge in [-0.1, -0.05) is 60.7 Å². The van der Waals surface area contributed by atoms with Gasteiger partial charge >= 0.3 is 0 Å². The minimum Gasteiger partial charge on any atom is -0.193 e. The highest BCUT2D eigenvalue weighted by molar-refractivity contribution is 5.71. The van der Waals surface area contributed by atoms with Crippen molar-refractivity contribution < 1.29 is 0 Å². The second kappa shape index (κ2) is 8.04. The molecule has 0 spiro atoms. The fraction of sp³-hybridized carbons (Fsp3) is 0. The highest BCUT2D eigenvalue weighted by atomic mass is 14.2.